The van der Waals surface area contributed by atoms with E-state index in [9.17, 15) is 9.59 Å². The van der Waals surface area contributed by atoms with Gasteiger partial charge in [-0.3, -0.25) is 14.6 Å². The fraction of sp³-hybridized carbons (Fsp3) is 0.297. The van der Waals surface area contributed by atoms with E-state index in [2.05, 4.69) is 22.0 Å². The van der Waals surface area contributed by atoms with Crippen LogP contribution in [0.2, 0.25) is 0 Å². The number of methoxy groups -OCH3 is 1. The third-order valence-electron chi connectivity index (χ3n) is 8.55. The summed E-state index contributed by atoms with van der Waals surface area (Å²) in [5.41, 5.74) is 4.83. The van der Waals surface area contributed by atoms with Crippen molar-refractivity contribution in [3.05, 3.63) is 125 Å². The Labute approximate surface area is 270 Å². The summed E-state index contributed by atoms with van der Waals surface area (Å²) in [6.45, 7) is 4.23. The Balaban J connectivity index is 1.32. The van der Waals surface area contributed by atoms with Crippen LogP contribution in [-0.2, 0) is 40.3 Å². The lowest BCUT2D eigenvalue weighted by molar-refractivity contribution is -0.144. The van der Waals surface area contributed by atoms with Crippen LogP contribution in [-0.4, -0.2) is 77.6 Å². The van der Waals surface area contributed by atoms with E-state index in [1.807, 2.05) is 71.6 Å². The van der Waals surface area contributed by atoms with Crippen LogP contribution in [0.3, 0.4) is 0 Å². The van der Waals surface area contributed by atoms with Crippen molar-refractivity contribution < 1.29 is 19.1 Å². The highest BCUT2D eigenvalue weighted by molar-refractivity contribution is 5.95. The molecular formula is C37H39N5O4. The van der Waals surface area contributed by atoms with E-state index >= 15 is 0 Å². The maximum absolute atomic E-state index is 14.5. The van der Waals surface area contributed by atoms with Gasteiger partial charge >= 0.3 is 0 Å². The summed E-state index contributed by atoms with van der Waals surface area (Å²) in [7, 11) is 1.62. The molecule has 236 valence electrons. The van der Waals surface area contributed by atoms with E-state index in [1.165, 1.54) is 5.56 Å². The molecule has 0 spiro atoms. The summed E-state index contributed by atoms with van der Waals surface area (Å²) in [6.07, 6.45) is 7.90. The first kappa shape index (κ1) is 31.0. The van der Waals surface area contributed by atoms with Crippen LogP contribution in [0.25, 0.3) is 6.08 Å². The minimum absolute atomic E-state index is 0.0933. The molecule has 2 aromatic carbocycles. The number of nitrogens with zero attached hydrogens (tertiary/aromatic N) is 5. The van der Waals surface area contributed by atoms with Crippen LogP contribution in [0.4, 0.5) is 5.82 Å². The Kier molecular flexibility index (Phi) is 10.00. The third-order valence-corrected chi connectivity index (χ3v) is 8.55. The number of aromatic nitrogens is 2. The van der Waals surface area contributed by atoms with Gasteiger partial charge in [-0.1, -0.05) is 48.5 Å². The molecule has 0 aliphatic carbocycles. The molecule has 2 amide bonds. The summed E-state index contributed by atoms with van der Waals surface area (Å²) in [5.74, 6) is 1.25. The van der Waals surface area contributed by atoms with Gasteiger partial charge in [0.2, 0.25) is 11.8 Å². The Morgan fingerprint density at radius 2 is 1.72 bits per heavy atom. The lowest BCUT2D eigenvalue weighted by atomic mass is 9.98. The van der Waals surface area contributed by atoms with E-state index in [1.54, 1.807) is 36.6 Å². The van der Waals surface area contributed by atoms with Crippen molar-refractivity contribution in [2.24, 2.45) is 0 Å². The number of amides is 2. The summed E-state index contributed by atoms with van der Waals surface area (Å²) in [5, 5.41) is 0. The van der Waals surface area contributed by atoms with Gasteiger partial charge in [-0.2, -0.15) is 0 Å². The number of fused-ring (bicyclic) bond motifs is 1. The molecule has 0 saturated carbocycles. The summed E-state index contributed by atoms with van der Waals surface area (Å²) >= 11 is 0. The molecule has 1 atom stereocenters. The second kappa shape index (κ2) is 14.8. The predicted molar refractivity (Wildman–Crippen MR) is 177 cm³/mol. The highest BCUT2D eigenvalue weighted by Gasteiger charge is 2.34. The van der Waals surface area contributed by atoms with E-state index in [4.69, 9.17) is 14.5 Å². The van der Waals surface area contributed by atoms with Crippen molar-refractivity contribution in [1.82, 2.24) is 19.8 Å². The first-order valence-electron chi connectivity index (χ1n) is 15.7. The average molecular weight is 618 g/mol. The van der Waals surface area contributed by atoms with Crippen molar-refractivity contribution >= 4 is 23.7 Å². The molecule has 0 bridgehead atoms. The molecule has 0 N–H and O–H groups in total. The maximum Gasteiger partial charge on any atom is 0.247 e. The zero-order chi connectivity index (χ0) is 31.7. The van der Waals surface area contributed by atoms with Crippen LogP contribution < -0.4 is 9.64 Å². The van der Waals surface area contributed by atoms with Gasteiger partial charge in [-0.15, -0.1) is 0 Å². The fourth-order valence-corrected chi connectivity index (χ4v) is 5.95. The molecule has 9 heteroatoms. The molecule has 9 nitrogen and oxygen atoms in total. The number of anilines is 1. The molecule has 0 unspecified atom stereocenters. The van der Waals surface area contributed by atoms with Gasteiger partial charge in [0, 0.05) is 63.3 Å². The maximum atomic E-state index is 14.5. The number of hydrogen-bond acceptors (Lipinski definition) is 7. The molecule has 2 aromatic heterocycles. The number of pyridine rings is 2. The topological polar surface area (TPSA) is 88.1 Å². The minimum atomic E-state index is -0.771. The van der Waals surface area contributed by atoms with E-state index in [0.29, 0.717) is 32.7 Å². The fourth-order valence-electron chi connectivity index (χ4n) is 5.95. The third kappa shape index (κ3) is 7.61. The Morgan fingerprint density at radius 1 is 0.935 bits per heavy atom. The second-order valence-corrected chi connectivity index (χ2v) is 11.5. The van der Waals surface area contributed by atoms with Crippen molar-refractivity contribution in [1.29, 1.82) is 0 Å². The number of morpholine rings is 1. The van der Waals surface area contributed by atoms with Gasteiger partial charge in [0.25, 0.3) is 0 Å². The molecule has 4 aromatic rings. The predicted octanol–water partition coefficient (Wildman–Crippen LogP) is 4.56. The van der Waals surface area contributed by atoms with Crippen molar-refractivity contribution in [2.75, 3.05) is 44.9 Å². The Bertz CT molecular complexity index is 1640. The molecule has 1 fully saturated rings. The number of benzene rings is 2. The van der Waals surface area contributed by atoms with Crippen LogP contribution >= 0.6 is 0 Å². The molecule has 1 saturated heterocycles. The quantitative estimate of drug-likeness (QED) is 0.241. The second-order valence-electron chi connectivity index (χ2n) is 11.5. The van der Waals surface area contributed by atoms with Gasteiger partial charge < -0.3 is 24.2 Å². The van der Waals surface area contributed by atoms with E-state index in [0.717, 1.165) is 53.5 Å². The molecule has 4 heterocycles. The molecule has 2 aliphatic heterocycles. The SMILES string of the molecule is COc1ccc(C=CC(=O)N(Cc2ccc(N3CCOCC3)nc2)[C@@H](Cc2ccccn2)C(=O)N2CCc3ccccc3C2)cc1. The van der Waals surface area contributed by atoms with Crippen molar-refractivity contribution in [3.8, 4) is 5.75 Å². The highest BCUT2D eigenvalue weighted by atomic mass is 16.5. The standard InChI is InChI=1S/C37H39N5O4/c1-45-33-13-9-28(10-14-33)12-16-36(43)42(26-29-11-15-35(39-25-29)40-20-22-46-23-21-40)34(24-32-8-4-5-18-38-32)37(44)41-19-17-30-6-2-3-7-31(30)27-41/h2-16,18,25,34H,17,19-24,26-27H2,1H3/t34-/m0/s1. The van der Waals surface area contributed by atoms with Gasteiger partial charge in [0.05, 0.1) is 20.3 Å². The molecule has 2 aliphatic rings. The van der Waals surface area contributed by atoms with Gasteiger partial charge in [0.15, 0.2) is 0 Å². The molecular weight excluding hydrogens is 578 g/mol. The summed E-state index contributed by atoms with van der Waals surface area (Å²) in [4.78, 5) is 43.6. The summed E-state index contributed by atoms with van der Waals surface area (Å²) < 4.78 is 10.8. The zero-order valence-corrected chi connectivity index (χ0v) is 26.1. The number of carbonyl (C=O) groups is 2. The first-order chi connectivity index (χ1) is 22.6. The lowest BCUT2D eigenvalue weighted by Gasteiger charge is -2.36. The van der Waals surface area contributed by atoms with Crippen LogP contribution in [0.15, 0.2) is 97.3 Å². The summed E-state index contributed by atoms with van der Waals surface area (Å²) in [6, 6.07) is 24.6. The van der Waals surface area contributed by atoms with Gasteiger partial charge in [-0.25, -0.2) is 4.98 Å². The largest absolute Gasteiger partial charge is 0.497 e. The van der Waals surface area contributed by atoms with Crippen LogP contribution in [0, 0.1) is 0 Å². The molecule has 46 heavy (non-hydrogen) atoms. The average Bonchev–Trinajstić information content (AvgIpc) is 3.13. The normalized spacial score (nSPS) is 15.3. The van der Waals surface area contributed by atoms with E-state index in [-0.39, 0.29) is 18.4 Å². The first-order valence-corrected chi connectivity index (χ1v) is 15.7. The Morgan fingerprint density at radius 3 is 2.43 bits per heavy atom. The van der Waals surface area contributed by atoms with Gasteiger partial charge in [0.1, 0.15) is 17.6 Å². The van der Waals surface area contributed by atoms with Gasteiger partial charge in [-0.05, 0) is 65.1 Å². The number of carbonyl (C=O) groups excluding carboxylic acids is 2. The van der Waals surface area contributed by atoms with Crippen LogP contribution in [0.1, 0.15) is 27.9 Å². The van der Waals surface area contributed by atoms with Crippen LogP contribution in [0.5, 0.6) is 5.75 Å². The van der Waals surface area contributed by atoms with E-state index < -0.39 is 6.04 Å². The number of hydrogen-bond donors (Lipinski definition) is 0. The lowest BCUT2D eigenvalue weighted by Crippen LogP contribution is -2.52. The smallest absolute Gasteiger partial charge is 0.247 e. The minimum Gasteiger partial charge on any atom is -0.497 e. The number of rotatable bonds is 10. The number of ether oxygens (including phenoxy) is 2. The zero-order valence-electron chi connectivity index (χ0n) is 26.1. The monoisotopic (exact) mass is 617 g/mol. The van der Waals surface area contributed by atoms with Crippen molar-refractivity contribution in [2.45, 2.75) is 32.0 Å². The van der Waals surface area contributed by atoms with Crippen molar-refractivity contribution in [3.63, 3.8) is 0 Å². The molecule has 0 radical (unpaired) electrons. The molecule has 6 rings (SSSR count). The Hall–Kier alpha value is -5.02. The highest BCUT2D eigenvalue weighted by Crippen LogP contribution is 2.23.